The van der Waals surface area contributed by atoms with Crippen molar-refractivity contribution in [3.8, 4) is 6.07 Å². The van der Waals surface area contributed by atoms with E-state index in [1.54, 1.807) is 0 Å². The number of aryl methyl sites for hydroxylation is 2. The molecule has 0 fully saturated rings. The Hall–Kier alpha value is -3.06. The number of carbonyl (C=O) groups is 1. The summed E-state index contributed by atoms with van der Waals surface area (Å²) in [5.74, 6) is 0.0563. The van der Waals surface area contributed by atoms with Crippen molar-refractivity contribution in [2.24, 2.45) is 0 Å². The number of hydrogen-bond donors (Lipinski definition) is 2. The molecular weight excluding hydrogens is 334 g/mol. The summed E-state index contributed by atoms with van der Waals surface area (Å²) in [5.41, 5.74) is 5.06. The highest BCUT2D eigenvalue weighted by Gasteiger charge is 2.14. The van der Waals surface area contributed by atoms with Crippen LogP contribution in [0.2, 0.25) is 0 Å². The molecule has 2 rings (SSSR count). The summed E-state index contributed by atoms with van der Waals surface area (Å²) in [7, 11) is 0. The van der Waals surface area contributed by atoms with Gasteiger partial charge in [-0.05, 0) is 47.6 Å². The fourth-order valence-corrected chi connectivity index (χ4v) is 2.85. The van der Waals surface area contributed by atoms with E-state index in [9.17, 15) is 10.1 Å². The molecule has 0 aliphatic rings. The van der Waals surface area contributed by atoms with Gasteiger partial charge in [-0.25, -0.2) is 0 Å². The van der Waals surface area contributed by atoms with Crippen molar-refractivity contribution in [3.05, 3.63) is 70.9 Å². The van der Waals surface area contributed by atoms with E-state index in [4.69, 9.17) is 0 Å². The van der Waals surface area contributed by atoms with Crippen molar-refractivity contribution in [1.82, 2.24) is 0 Å². The lowest BCUT2D eigenvalue weighted by atomic mass is 10.0. The molecule has 27 heavy (non-hydrogen) atoms. The number of carbonyl (C=O) groups excluding carboxylic acids is 1. The molecule has 0 saturated carbocycles. The number of hydrogen-bond acceptors (Lipinski definition) is 3. The molecule has 4 heteroatoms. The maximum absolute atomic E-state index is 12.6. The second kappa shape index (κ2) is 9.59. The van der Waals surface area contributed by atoms with Gasteiger partial charge in [-0.15, -0.1) is 0 Å². The third-order valence-electron chi connectivity index (χ3n) is 4.56. The monoisotopic (exact) mass is 361 g/mol. The molecule has 2 N–H and O–H groups in total. The van der Waals surface area contributed by atoms with Gasteiger partial charge in [0.15, 0.2) is 0 Å². The van der Waals surface area contributed by atoms with E-state index in [2.05, 4.69) is 24.5 Å². The predicted molar refractivity (Wildman–Crippen MR) is 112 cm³/mol. The van der Waals surface area contributed by atoms with Crippen LogP contribution in [0.25, 0.3) is 0 Å². The van der Waals surface area contributed by atoms with Crippen LogP contribution in [0.3, 0.4) is 0 Å². The zero-order valence-corrected chi connectivity index (χ0v) is 16.5. The number of benzene rings is 2. The summed E-state index contributed by atoms with van der Waals surface area (Å²) in [4.78, 5) is 12.6. The lowest BCUT2D eigenvalue weighted by molar-refractivity contribution is -0.112. The maximum atomic E-state index is 12.6. The van der Waals surface area contributed by atoms with Crippen molar-refractivity contribution in [2.45, 2.75) is 46.5 Å². The second-order valence-corrected chi connectivity index (χ2v) is 6.70. The Labute approximate surface area is 161 Å². The first-order valence-corrected chi connectivity index (χ1v) is 9.39. The minimum atomic E-state index is -0.403. The largest absolute Gasteiger partial charge is 0.360 e. The highest BCUT2D eigenvalue weighted by atomic mass is 16.1. The van der Waals surface area contributed by atoms with E-state index in [0.717, 1.165) is 35.3 Å². The second-order valence-electron chi connectivity index (χ2n) is 6.70. The van der Waals surface area contributed by atoms with E-state index in [0.29, 0.717) is 5.92 Å². The zero-order valence-electron chi connectivity index (χ0n) is 16.5. The van der Waals surface area contributed by atoms with Crippen LogP contribution < -0.4 is 10.6 Å². The van der Waals surface area contributed by atoms with Crippen molar-refractivity contribution in [3.63, 3.8) is 0 Å². The molecule has 2 aromatic rings. The first-order chi connectivity index (χ1) is 13.0. The Morgan fingerprint density at radius 2 is 1.67 bits per heavy atom. The van der Waals surface area contributed by atoms with Gasteiger partial charge in [0.2, 0.25) is 0 Å². The summed E-state index contributed by atoms with van der Waals surface area (Å²) in [5, 5.41) is 15.4. The number of nitriles is 1. The molecule has 0 unspecified atom stereocenters. The Morgan fingerprint density at radius 3 is 2.15 bits per heavy atom. The first kappa shape index (κ1) is 20.3. The molecule has 1 amide bonds. The van der Waals surface area contributed by atoms with Crippen LogP contribution in [0, 0.1) is 11.3 Å². The summed E-state index contributed by atoms with van der Waals surface area (Å²) >= 11 is 0. The summed E-state index contributed by atoms with van der Waals surface area (Å²) in [6.45, 7) is 8.38. The van der Waals surface area contributed by atoms with E-state index in [1.165, 1.54) is 11.8 Å². The number of anilines is 2. The molecule has 0 atom stereocenters. The smallest absolute Gasteiger partial charge is 0.267 e. The number of para-hydroxylation sites is 1. The molecule has 2 aromatic carbocycles. The molecule has 0 aliphatic heterocycles. The van der Waals surface area contributed by atoms with Crippen LogP contribution in [0.1, 0.15) is 50.3 Å². The average molecular weight is 361 g/mol. The third-order valence-corrected chi connectivity index (χ3v) is 4.56. The minimum Gasteiger partial charge on any atom is -0.360 e. The van der Waals surface area contributed by atoms with Crippen molar-refractivity contribution >= 4 is 17.3 Å². The molecule has 0 heterocycles. The van der Waals surface area contributed by atoms with Gasteiger partial charge >= 0.3 is 0 Å². The molecule has 0 radical (unpaired) electrons. The normalized spacial score (nSPS) is 11.2. The Kier molecular flexibility index (Phi) is 7.19. The molecule has 0 aliphatic carbocycles. The summed E-state index contributed by atoms with van der Waals surface area (Å²) < 4.78 is 0. The van der Waals surface area contributed by atoms with E-state index in [-0.39, 0.29) is 5.57 Å². The van der Waals surface area contributed by atoms with Gasteiger partial charge in [-0.3, -0.25) is 4.79 Å². The van der Waals surface area contributed by atoms with Gasteiger partial charge in [-0.1, -0.05) is 58.0 Å². The quantitative estimate of drug-likeness (QED) is 0.513. The highest BCUT2D eigenvalue weighted by Crippen LogP contribution is 2.23. The number of nitrogens with zero attached hydrogens (tertiary/aromatic N) is 1. The first-order valence-electron chi connectivity index (χ1n) is 9.39. The van der Waals surface area contributed by atoms with E-state index in [1.807, 2.05) is 62.4 Å². The van der Waals surface area contributed by atoms with E-state index >= 15 is 0 Å². The molecule has 0 saturated heterocycles. The summed E-state index contributed by atoms with van der Waals surface area (Å²) in [6.07, 6.45) is 3.09. The van der Waals surface area contributed by atoms with Crippen LogP contribution in [-0.4, -0.2) is 5.91 Å². The van der Waals surface area contributed by atoms with Gasteiger partial charge in [-0.2, -0.15) is 5.26 Å². The fraction of sp³-hybridized carbons (Fsp3) is 0.304. The Balaban J connectivity index is 2.16. The van der Waals surface area contributed by atoms with Crippen molar-refractivity contribution < 1.29 is 4.79 Å². The van der Waals surface area contributed by atoms with Crippen LogP contribution in [0.15, 0.2) is 54.2 Å². The van der Waals surface area contributed by atoms with Crippen molar-refractivity contribution in [2.75, 3.05) is 10.6 Å². The van der Waals surface area contributed by atoms with Gasteiger partial charge in [0.25, 0.3) is 5.91 Å². The molecule has 4 nitrogen and oxygen atoms in total. The van der Waals surface area contributed by atoms with Gasteiger partial charge < -0.3 is 10.6 Å². The molecule has 0 bridgehead atoms. The Bertz CT molecular complexity index is 836. The fourth-order valence-electron chi connectivity index (χ4n) is 2.85. The maximum Gasteiger partial charge on any atom is 0.267 e. The molecule has 140 valence electrons. The van der Waals surface area contributed by atoms with Gasteiger partial charge in [0.1, 0.15) is 11.6 Å². The zero-order chi connectivity index (χ0) is 19.8. The standard InChI is InChI=1S/C23H27N3O/c1-5-17-8-7-9-18(6-2)22(17)26-23(27)20(14-24)15-25-21-12-10-19(11-13-21)16(3)4/h7-13,15-16,25H,5-6H2,1-4H3,(H,26,27)/b20-15-. The summed E-state index contributed by atoms with van der Waals surface area (Å²) in [6, 6.07) is 15.9. The minimum absolute atomic E-state index is 0.0379. The highest BCUT2D eigenvalue weighted by molar-refractivity contribution is 6.07. The van der Waals surface area contributed by atoms with Crippen LogP contribution in [-0.2, 0) is 17.6 Å². The Morgan fingerprint density at radius 1 is 1.07 bits per heavy atom. The number of amides is 1. The van der Waals surface area contributed by atoms with Crippen molar-refractivity contribution in [1.29, 1.82) is 5.26 Å². The molecular formula is C23H27N3O. The number of rotatable bonds is 7. The lowest BCUT2D eigenvalue weighted by Crippen LogP contribution is -2.17. The third kappa shape index (κ3) is 5.21. The van der Waals surface area contributed by atoms with E-state index < -0.39 is 5.91 Å². The SMILES string of the molecule is CCc1cccc(CC)c1NC(=O)/C(C#N)=C\Nc1ccc(C(C)C)cc1. The molecule has 0 aromatic heterocycles. The van der Waals surface area contributed by atoms with Gasteiger partial charge in [0.05, 0.1) is 0 Å². The predicted octanol–water partition coefficient (Wildman–Crippen LogP) is 5.39. The lowest BCUT2D eigenvalue weighted by Gasteiger charge is -2.14. The van der Waals surface area contributed by atoms with Crippen LogP contribution in [0.4, 0.5) is 11.4 Å². The van der Waals surface area contributed by atoms with Crippen LogP contribution in [0.5, 0.6) is 0 Å². The van der Waals surface area contributed by atoms with Gasteiger partial charge in [0, 0.05) is 17.6 Å². The number of nitrogens with one attached hydrogen (secondary N) is 2. The topological polar surface area (TPSA) is 64.9 Å². The molecule has 0 spiro atoms. The van der Waals surface area contributed by atoms with Crippen LogP contribution >= 0.6 is 0 Å². The average Bonchev–Trinajstić information content (AvgIpc) is 2.68.